The fourth-order valence-corrected chi connectivity index (χ4v) is 3.24. The quantitative estimate of drug-likeness (QED) is 0.543. The number of hydrogen-bond acceptors (Lipinski definition) is 3. The summed E-state index contributed by atoms with van der Waals surface area (Å²) in [7, 11) is 0. The van der Waals surface area contributed by atoms with Gasteiger partial charge >= 0.3 is 11.7 Å². The van der Waals surface area contributed by atoms with Gasteiger partial charge in [-0.25, -0.2) is 4.79 Å². The Morgan fingerprint density at radius 2 is 1.52 bits per heavy atom. The maximum absolute atomic E-state index is 12.8. The second kappa shape index (κ2) is 6.40. The van der Waals surface area contributed by atoms with Gasteiger partial charge in [0.15, 0.2) is 12.7 Å². The van der Waals surface area contributed by atoms with Gasteiger partial charge in [-0.3, -0.25) is 4.84 Å². The van der Waals surface area contributed by atoms with Crippen LogP contribution in [0.5, 0.6) is 0 Å². The number of fused-ring (bicyclic) bond motifs is 3. The first-order valence-electron chi connectivity index (χ1n) is 8.32. The van der Waals surface area contributed by atoms with Crippen molar-refractivity contribution in [2.75, 3.05) is 6.61 Å². The van der Waals surface area contributed by atoms with Crippen molar-refractivity contribution in [3.05, 3.63) is 89.7 Å². The Labute approximate surface area is 146 Å². The summed E-state index contributed by atoms with van der Waals surface area (Å²) in [6, 6.07) is 21.4. The molecule has 0 saturated heterocycles. The van der Waals surface area contributed by atoms with Crippen LogP contribution < -0.4 is 9.57 Å². The SMILES string of the molecule is CCO[n+]1ccccc1C(=O)OC1c2ccccc2-c2ccccc21. The smallest absolute Gasteiger partial charge is 0.409 e. The number of carbonyl (C=O) groups is 1. The third-order valence-electron chi connectivity index (χ3n) is 4.30. The van der Waals surface area contributed by atoms with Crippen LogP contribution in [0.4, 0.5) is 0 Å². The van der Waals surface area contributed by atoms with E-state index in [1.165, 1.54) is 4.73 Å². The molecule has 4 heteroatoms. The van der Waals surface area contributed by atoms with Crippen LogP contribution in [0.3, 0.4) is 0 Å². The average molecular weight is 332 g/mol. The number of rotatable bonds is 4. The van der Waals surface area contributed by atoms with Crippen LogP contribution in [0.2, 0.25) is 0 Å². The molecule has 4 rings (SSSR count). The van der Waals surface area contributed by atoms with Crippen LogP contribution in [0, 0.1) is 0 Å². The normalized spacial score (nSPS) is 12.4. The molecule has 2 aromatic carbocycles. The second-order valence-corrected chi connectivity index (χ2v) is 5.79. The molecule has 0 spiro atoms. The van der Waals surface area contributed by atoms with E-state index in [1.807, 2.05) is 49.4 Å². The minimum absolute atomic E-state index is 0.367. The number of pyridine rings is 1. The Bertz CT molecular complexity index is 890. The van der Waals surface area contributed by atoms with Gasteiger partial charge in [-0.2, -0.15) is 0 Å². The van der Waals surface area contributed by atoms with Crippen LogP contribution in [-0.4, -0.2) is 12.6 Å². The van der Waals surface area contributed by atoms with E-state index >= 15 is 0 Å². The summed E-state index contributed by atoms with van der Waals surface area (Å²) in [5, 5.41) is 0. The van der Waals surface area contributed by atoms with Crippen molar-refractivity contribution in [1.82, 2.24) is 0 Å². The highest BCUT2D eigenvalue weighted by Gasteiger charge is 2.33. The highest BCUT2D eigenvalue weighted by Crippen LogP contribution is 2.45. The lowest BCUT2D eigenvalue weighted by atomic mass is 10.1. The number of nitrogens with zero attached hydrogens (tertiary/aromatic N) is 1. The maximum atomic E-state index is 12.8. The van der Waals surface area contributed by atoms with Crippen molar-refractivity contribution >= 4 is 5.97 Å². The van der Waals surface area contributed by atoms with E-state index in [0.29, 0.717) is 12.3 Å². The maximum Gasteiger partial charge on any atom is 0.409 e. The van der Waals surface area contributed by atoms with Crippen LogP contribution >= 0.6 is 0 Å². The Balaban J connectivity index is 1.71. The summed E-state index contributed by atoms with van der Waals surface area (Å²) >= 11 is 0. The van der Waals surface area contributed by atoms with Crippen molar-refractivity contribution in [2.24, 2.45) is 0 Å². The second-order valence-electron chi connectivity index (χ2n) is 5.79. The highest BCUT2D eigenvalue weighted by atomic mass is 16.7. The van der Waals surface area contributed by atoms with E-state index in [4.69, 9.17) is 9.57 Å². The Hall–Kier alpha value is -3.14. The molecule has 4 nitrogen and oxygen atoms in total. The molecular formula is C21H18NO3+. The van der Waals surface area contributed by atoms with Gasteiger partial charge < -0.3 is 4.74 Å². The van der Waals surface area contributed by atoms with Gasteiger partial charge in [0.2, 0.25) is 6.20 Å². The van der Waals surface area contributed by atoms with Crippen molar-refractivity contribution in [1.29, 1.82) is 0 Å². The van der Waals surface area contributed by atoms with Crippen LogP contribution in [0.15, 0.2) is 72.9 Å². The third kappa shape index (κ3) is 2.66. The third-order valence-corrected chi connectivity index (χ3v) is 4.30. The summed E-state index contributed by atoms with van der Waals surface area (Å²) in [6.07, 6.45) is 1.30. The topological polar surface area (TPSA) is 39.4 Å². The van der Waals surface area contributed by atoms with Gasteiger partial charge in [-0.15, -0.1) is 0 Å². The lowest BCUT2D eigenvalue weighted by Gasteiger charge is -2.14. The van der Waals surface area contributed by atoms with Crippen LogP contribution in [0.1, 0.15) is 34.6 Å². The van der Waals surface area contributed by atoms with Crippen molar-refractivity contribution in [2.45, 2.75) is 13.0 Å². The predicted molar refractivity (Wildman–Crippen MR) is 92.9 cm³/mol. The zero-order valence-corrected chi connectivity index (χ0v) is 13.9. The number of carbonyl (C=O) groups excluding carboxylic acids is 1. The minimum atomic E-state index is -0.412. The molecule has 0 radical (unpaired) electrons. The monoisotopic (exact) mass is 332 g/mol. The molecule has 0 amide bonds. The summed E-state index contributed by atoms with van der Waals surface area (Å²) < 4.78 is 7.35. The molecule has 1 aliphatic carbocycles. The Morgan fingerprint density at radius 3 is 2.16 bits per heavy atom. The summed E-state index contributed by atoms with van der Waals surface area (Å²) in [6.45, 7) is 2.34. The van der Waals surface area contributed by atoms with E-state index < -0.39 is 12.1 Å². The molecule has 0 atom stereocenters. The summed E-state index contributed by atoms with van der Waals surface area (Å²) in [5.41, 5.74) is 4.61. The van der Waals surface area contributed by atoms with Crippen LogP contribution in [-0.2, 0) is 4.74 Å². The molecule has 0 aliphatic heterocycles. The Kier molecular flexibility index (Phi) is 3.94. The fraction of sp³-hybridized carbons (Fsp3) is 0.143. The number of hydrogen-bond donors (Lipinski definition) is 0. The van der Waals surface area contributed by atoms with E-state index in [2.05, 4.69) is 12.1 Å². The minimum Gasteiger partial charge on any atom is -0.444 e. The van der Waals surface area contributed by atoms with E-state index in [-0.39, 0.29) is 0 Å². The lowest BCUT2D eigenvalue weighted by molar-refractivity contribution is -0.892. The molecule has 0 bridgehead atoms. The zero-order valence-electron chi connectivity index (χ0n) is 13.9. The van der Waals surface area contributed by atoms with Gasteiger partial charge in [-0.1, -0.05) is 48.5 Å². The molecule has 0 N–H and O–H groups in total. The molecule has 0 unspecified atom stereocenters. The van der Waals surface area contributed by atoms with Gasteiger partial charge in [0.1, 0.15) is 0 Å². The predicted octanol–water partition coefficient (Wildman–Crippen LogP) is 3.35. The van der Waals surface area contributed by atoms with Gasteiger partial charge in [0, 0.05) is 28.0 Å². The summed E-state index contributed by atoms with van der Waals surface area (Å²) in [4.78, 5) is 18.3. The zero-order chi connectivity index (χ0) is 17.2. The van der Waals surface area contributed by atoms with E-state index in [1.54, 1.807) is 18.3 Å². The number of benzene rings is 2. The Morgan fingerprint density at radius 1 is 0.920 bits per heavy atom. The molecule has 0 saturated carbocycles. The first kappa shape index (κ1) is 15.4. The number of esters is 1. The largest absolute Gasteiger partial charge is 0.444 e. The molecule has 3 aromatic rings. The molecule has 124 valence electrons. The van der Waals surface area contributed by atoms with Gasteiger partial charge in [0.05, 0.1) is 0 Å². The first-order valence-corrected chi connectivity index (χ1v) is 8.32. The molecule has 1 aromatic heterocycles. The van der Waals surface area contributed by atoms with Crippen molar-refractivity contribution < 1.29 is 19.1 Å². The fourth-order valence-electron chi connectivity index (χ4n) is 3.24. The first-order chi connectivity index (χ1) is 12.3. The molecule has 1 heterocycles. The van der Waals surface area contributed by atoms with Gasteiger partial charge in [0.25, 0.3) is 0 Å². The molecule has 1 aliphatic rings. The van der Waals surface area contributed by atoms with Crippen LogP contribution in [0.25, 0.3) is 11.1 Å². The molecular weight excluding hydrogens is 314 g/mol. The lowest BCUT2D eigenvalue weighted by Crippen LogP contribution is -2.47. The number of aromatic nitrogens is 1. The highest BCUT2D eigenvalue weighted by molar-refractivity contribution is 5.87. The van der Waals surface area contributed by atoms with E-state index in [9.17, 15) is 4.79 Å². The molecule has 0 fully saturated rings. The van der Waals surface area contributed by atoms with Crippen molar-refractivity contribution in [3.8, 4) is 11.1 Å². The van der Waals surface area contributed by atoms with Crippen molar-refractivity contribution in [3.63, 3.8) is 0 Å². The standard InChI is InChI=1S/C21H18NO3/c1-2-24-22-14-8-7-13-19(22)21(23)25-20-17-11-5-3-9-15(17)16-10-4-6-12-18(16)20/h3-14,20H,2H2,1H3/q+1. The summed E-state index contributed by atoms with van der Waals surface area (Å²) in [5.74, 6) is -0.412. The molecule has 25 heavy (non-hydrogen) atoms. The van der Waals surface area contributed by atoms with Gasteiger partial charge in [-0.05, 0) is 24.1 Å². The number of ether oxygens (including phenoxy) is 1. The van der Waals surface area contributed by atoms with E-state index in [0.717, 1.165) is 22.3 Å². The average Bonchev–Trinajstić information content (AvgIpc) is 2.97.